The van der Waals surface area contributed by atoms with Gasteiger partial charge in [-0.2, -0.15) is 0 Å². The maximum absolute atomic E-state index is 13.9. The van der Waals surface area contributed by atoms with Crippen molar-refractivity contribution in [3.63, 3.8) is 0 Å². The quantitative estimate of drug-likeness (QED) is 0.795. The Hall–Kier alpha value is -1.74. The first-order chi connectivity index (χ1) is 9.63. The van der Waals surface area contributed by atoms with Gasteiger partial charge in [0.05, 0.1) is 0 Å². The molecule has 1 nitrogen and oxygen atoms in total. The van der Waals surface area contributed by atoms with Crippen LogP contribution in [0.3, 0.4) is 0 Å². The molecule has 0 radical (unpaired) electrons. The molecule has 0 unspecified atom stereocenters. The van der Waals surface area contributed by atoms with Crippen LogP contribution >= 0.6 is 0 Å². The van der Waals surface area contributed by atoms with E-state index in [-0.39, 0.29) is 0 Å². The molecular weight excluding hydrogens is 256 g/mol. The highest BCUT2D eigenvalue weighted by Crippen LogP contribution is 2.28. The van der Waals surface area contributed by atoms with Gasteiger partial charge in [0.25, 0.3) is 0 Å². The summed E-state index contributed by atoms with van der Waals surface area (Å²) in [6.07, 6.45) is 1.07. The van der Waals surface area contributed by atoms with E-state index in [1.165, 1.54) is 6.07 Å². The topological polar surface area (TPSA) is 12.0 Å². The second kappa shape index (κ2) is 6.62. The third kappa shape index (κ3) is 3.23. The van der Waals surface area contributed by atoms with Crippen LogP contribution in [-0.2, 0) is 6.54 Å². The van der Waals surface area contributed by atoms with Gasteiger partial charge >= 0.3 is 0 Å². The van der Waals surface area contributed by atoms with E-state index in [0.29, 0.717) is 5.56 Å². The van der Waals surface area contributed by atoms with Crippen molar-refractivity contribution in [1.82, 2.24) is 5.32 Å². The number of hydrogen-bond donors (Lipinski definition) is 1. The molecule has 0 aromatic heterocycles. The highest BCUT2D eigenvalue weighted by Gasteiger charge is 2.12. The normalized spacial score (nSPS) is 10.8. The molecule has 2 rings (SSSR count). The van der Waals surface area contributed by atoms with E-state index in [1.54, 1.807) is 6.07 Å². The summed E-state index contributed by atoms with van der Waals surface area (Å²) in [6.45, 7) is 5.69. The van der Waals surface area contributed by atoms with Crippen molar-refractivity contribution >= 4 is 0 Å². The minimum atomic E-state index is -0.809. The van der Waals surface area contributed by atoms with E-state index >= 15 is 0 Å². The van der Waals surface area contributed by atoms with Gasteiger partial charge in [-0.1, -0.05) is 31.2 Å². The first kappa shape index (κ1) is 14.7. The molecule has 1 N–H and O–H groups in total. The maximum Gasteiger partial charge on any atom is 0.166 e. The van der Waals surface area contributed by atoms with E-state index in [4.69, 9.17) is 0 Å². The lowest BCUT2D eigenvalue weighted by Gasteiger charge is -2.11. The minimum absolute atomic E-state index is 0.319. The molecule has 0 amide bonds. The third-order valence-corrected chi connectivity index (χ3v) is 3.30. The number of aryl methyl sites for hydroxylation is 1. The van der Waals surface area contributed by atoms with Crippen molar-refractivity contribution < 1.29 is 8.78 Å². The third-order valence-electron chi connectivity index (χ3n) is 3.30. The molecule has 106 valence electrons. The van der Waals surface area contributed by atoms with Gasteiger partial charge in [0.15, 0.2) is 11.6 Å². The van der Waals surface area contributed by atoms with Crippen LogP contribution in [0.25, 0.3) is 11.1 Å². The lowest BCUT2D eigenvalue weighted by Crippen LogP contribution is -2.13. The molecule has 0 atom stereocenters. The first-order valence-corrected chi connectivity index (χ1v) is 6.88. The number of benzene rings is 2. The molecule has 0 aliphatic carbocycles. The molecule has 0 aliphatic heterocycles. The van der Waals surface area contributed by atoms with Gasteiger partial charge in [0.2, 0.25) is 0 Å². The second-order valence-electron chi connectivity index (χ2n) is 4.93. The molecule has 0 heterocycles. The number of nitrogens with one attached hydrogen (secondary N) is 1. The Kier molecular flexibility index (Phi) is 4.85. The Morgan fingerprint density at radius 3 is 2.60 bits per heavy atom. The molecule has 0 fully saturated rings. The fourth-order valence-electron chi connectivity index (χ4n) is 2.19. The summed E-state index contributed by atoms with van der Waals surface area (Å²) in [5.41, 5.74) is 3.08. The highest BCUT2D eigenvalue weighted by atomic mass is 19.2. The first-order valence-electron chi connectivity index (χ1n) is 6.88. The van der Waals surface area contributed by atoms with Crippen molar-refractivity contribution in [3.05, 3.63) is 59.2 Å². The van der Waals surface area contributed by atoms with Crippen LogP contribution in [0.15, 0.2) is 36.4 Å². The Morgan fingerprint density at radius 1 is 1.05 bits per heavy atom. The zero-order chi connectivity index (χ0) is 14.5. The van der Waals surface area contributed by atoms with Crippen molar-refractivity contribution in [2.24, 2.45) is 0 Å². The summed E-state index contributed by atoms with van der Waals surface area (Å²) >= 11 is 0. The van der Waals surface area contributed by atoms with Crippen LogP contribution in [0.5, 0.6) is 0 Å². The summed E-state index contributed by atoms with van der Waals surface area (Å²) in [7, 11) is 0. The fraction of sp³-hybridized carbons (Fsp3) is 0.294. The lowest BCUT2D eigenvalue weighted by molar-refractivity contribution is 0.511. The van der Waals surface area contributed by atoms with Crippen LogP contribution < -0.4 is 5.32 Å². The van der Waals surface area contributed by atoms with Crippen LogP contribution in [0.4, 0.5) is 8.78 Å². The molecule has 3 heteroatoms. The van der Waals surface area contributed by atoms with Crippen molar-refractivity contribution in [3.8, 4) is 11.1 Å². The molecule has 2 aromatic rings. The summed E-state index contributed by atoms with van der Waals surface area (Å²) in [4.78, 5) is 0. The molecule has 0 spiro atoms. The summed E-state index contributed by atoms with van der Waals surface area (Å²) in [6, 6.07) is 10.2. The summed E-state index contributed by atoms with van der Waals surface area (Å²) in [5.74, 6) is -1.59. The van der Waals surface area contributed by atoms with E-state index in [1.807, 2.05) is 25.1 Å². The molecular formula is C17H19F2N. The molecule has 0 bridgehead atoms. The van der Waals surface area contributed by atoms with E-state index in [0.717, 1.165) is 42.3 Å². The largest absolute Gasteiger partial charge is 0.313 e. The Morgan fingerprint density at radius 2 is 1.85 bits per heavy atom. The molecule has 2 aromatic carbocycles. The van der Waals surface area contributed by atoms with Crippen molar-refractivity contribution in [2.45, 2.75) is 26.8 Å². The van der Waals surface area contributed by atoms with Crippen LogP contribution in [0, 0.1) is 18.6 Å². The summed E-state index contributed by atoms with van der Waals surface area (Å²) in [5, 5.41) is 3.31. The molecule has 0 saturated heterocycles. The standard InChI is InChI=1S/C17H19F2N/c1-3-9-20-11-13-8-7-12(2)15(10-13)14-5-4-6-16(18)17(14)19/h4-8,10,20H,3,9,11H2,1-2H3. The molecule has 20 heavy (non-hydrogen) atoms. The van der Waals surface area contributed by atoms with Gasteiger partial charge in [-0.05, 0) is 48.7 Å². The van der Waals surface area contributed by atoms with E-state index in [9.17, 15) is 8.78 Å². The van der Waals surface area contributed by atoms with Gasteiger partial charge in [-0.15, -0.1) is 0 Å². The van der Waals surface area contributed by atoms with Gasteiger partial charge in [0.1, 0.15) is 0 Å². The maximum atomic E-state index is 13.9. The number of halogens is 2. The van der Waals surface area contributed by atoms with Gasteiger partial charge in [-0.25, -0.2) is 8.78 Å². The Bertz CT molecular complexity index is 594. The average Bonchev–Trinajstić information content (AvgIpc) is 2.44. The zero-order valence-corrected chi connectivity index (χ0v) is 11.8. The van der Waals surface area contributed by atoms with Gasteiger partial charge < -0.3 is 5.32 Å². The monoisotopic (exact) mass is 275 g/mol. The van der Waals surface area contributed by atoms with Crippen molar-refractivity contribution in [2.75, 3.05) is 6.54 Å². The van der Waals surface area contributed by atoms with Gasteiger partial charge in [0, 0.05) is 12.1 Å². The predicted octanol–water partition coefficient (Wildman–Crippen LogP) is 4.44. The predicted molar refractivity (Wildman–Crippen MR) is 78.5 cm³/mol. The zero-order valence-electron chi connectivity index (χ0n) is 11.8. The number of hydrogen-bond acceptors (Lipinski definition) is 1. The highest BCUT2D eigenvalue weighted by molar-refractivity contribution is 5.68. The van der Waals surface area contributed by atoms with E-state index in [2.05, 4.69) is 12.2 Å². The van der Waals surface area contributed by atoms with Crippen LogP contribution in [0.1, 0.15) is 24.5 Å². The smallest absolute Gasteiger partial charge is 0.166 e. The minimum Gasteiger partial charge on any atom is -0.313 e. The second-order valence-corrected chi connectivity index (χ2v) is 4.93. The Balaban J connectivity index is 2.35. The molecule has 0 aliphatic rings. The van der Waals surface area contributed by atoms with Gasteiger partial charge in [-0.3, -0.25) is 0 Å². The SMILES string of the molecule is CCCNCc1ccc(C)c(-c2cccc(F)c2F)c1. The average molecular weight is 275 g/mol. The summed E-state index contributed by atoms with van der Waals surface area (Å²) < 4.78 is 27.3. The Labute approximate surface area is 118 Å². The molecule has 0 saturated carbocycles. The number of rotatable bonds is 5. The van der Waals surface area contributed by atoms with E-state index < -0.39 is 11.6 Å². The fourth-order valence-corrected chi connectivity index (χ4v) is 2.19. The van der Waals surface area contributed by atoms with Crippen LogP contribution in [-0.4, -0.2) is 6.54 Å². The lowest BCUT2D eigenvalue weighted by atomic mass is 9.97. The van der Waals surface area contributed by atoms with Crippen LogP contribution in [0.2, 0.25) is 0 Å². The van der Waals surface area contributed by atoms with Crippen molar-refractivity contribution in [1.29, 1.82) is 0 Å².